The summed E-state index contributed by atoms with van der Waals surface area (Å²) in [5.41, 5.74) is 3.28. The van der Waals surface area contributed by atoms with Crippen LogP contribution in [0, 0.1) is 0 Å². The zero-order valence-corrected chi connectivity index (χ0v) is 18.2. The van der Waals surface area contributed by atoms with Crippen molar-refractivity contribution in [1.82, 2.24) is 14.3 Å². The number of fused-ring (bicyclic) bond motifs is 1. The van der Waals surface area contributed by atoms with Gasteiger partial charge in [0.25, 0.3) is 0 Å². The maximum atomic E-state index is 9.34. The predicted octanol–water partition coefficient (Wildman–Crippen LogP) is 4.57. The summed E-state index contributed by atoms with van der Waals surface area (Å²) in [5.74, 6) is 0. The Morgan fingerprint density at radius 2 is 2.04 bits per heavy atom. The Hall–Kier alpha value is -1.41. The van der Waals surface area contributed by atoms with Crippen LogP contribution in [0.4, 0.5) is 0 Å². The molecule has 7 heteroatoms. The van der Waals surface area contributed by atoms with Gasteiger partial charge >= 0.3 is 0 Å². The second-order valence-corrected chi connectivity index (χ2v) is 14.3. The van der Waals surface area contributed by atoms with E-state index in [1.165, 1.54) is 0 Å². The van der Waals surface area contributed by atoms with Crippen molar-refractivity contribution in [3.63, 3.8) is 0 Å². The molecule has 0 aliphatic heterocycles. The highest BCUT2D eigenvalue weighted by Gasteiger charge is 2.14. The first kappa shape index (κ1) is 19.4. The minimum absolute atomic E-state index is 0.115. The molecule has 2 heterocycles. The molecule has 0 fully saturated rings. The monoisotopic (exact) mass is 435 g/mol. The van der Waals surface area contributed by atoms with Crippen molar-refractivity contribution in [1.29, 1.82) is 0 Å². The SMILES string of the molecule is C[Si](C)(C)CCOCn1cc(-c2cn(CCO)c3ccc(Br)cc23)cn1. The molecule has 140 valence electrons. The van der Waals surface area contributed by atoms with E-state index < -0.39 is 8.07 Å². The van der Waals surface area contributed by atoms with Crippen molar-refractivity contribution in [3.05, 3.63) is 41.3 Å². The van der Waals surface area contributed by atoms with Crippen LogP contribution in [0.2, 0.25) is 25.7 Å². The Morgan fingerprint density at radius 3 is 2.77 bits per heavy atom. The summed E-state index contributed by atoms with van der Waals surface area (Å²) in [4.78, 5) is 0. The highest BCUT2D eigenvalue weighted by molar-refractivity contribution is 9.10. The van der Waals surface area contributed by atoms with Crippen LogP contribution in [-0.2, 0) is 18.0 Å². The molecule has 0 aliphatic carbocycles. The van der Waals surface area contributed by atoms with Crippen molar-refractivity contribution in [2.45, 2.75) is 39.0 Å². The molecule has 0 spiro atoms. The predicted molar refractivity (Wildman–Crippen MR) is 112 cm³/mol. The Morgan fingerprint density at radius 1 is 1.23 bits per heavy atom. The average molecular weight is 436 g/mol. The van der Waals surface area contributed by atoms with Crippen LogP contribution in [0.5, 0.6) is 0 Å². The van der Waals surface area contributed by atoms with Crippen molar-refractivity contribution >= 4 is 34.9 Å². The molecule has 0 aliphatic rings. The minimum atomic E-state index is -1.07. The number of ether oxygens (including phenoxy) is 1. The lowest BCUT2D eigenvalue weighted by Gasteiger charge is -2.15. The number of hydrogen-bond acceptors (Lipinski definition) is 3. The second kappa shape index (κ2) is 8.08. The molecule has 3 rings (SSSR count). The Balaban J connectivity index is 1.79. The molecule has 2 aromatic heterocycles. The third-order valence-corrected chi connectivity index (χ3v) is 6.55. The van der Waals surface area contributed by atoms with Crippen molar-refractivity contribution in [2.24, 2.45) is 0 Å². The summed E-state index contributed by atoms with van der Waals surface area (Å²) < 4.78 is 10.7. The van der Waals surface area contributed by atoms with Gasteiger partial charge in [-0.2, -0.15) is 5.10 Å². The number of hydrogen-bond donors (Lipinski definition) is 1. The molecule has 1 aromatic carbocycles. The number of nitrogens with zero attached hydrogens (tertiary/aromatic N) is 3. The summed E-state index contributed by atoms with van der Waals surface area (Å²) in [6, 6.07) is 7.36. The number of aliphatic hydroxyl groups excluding tert-OH is 1. The zero-order valence-electron chi connectivity index (χ0n) is 15.6. The first-order valence-corrected chi connectivity index (χ1v) is 13.4. The van der Waals surface area contributed by atoms with Crippen LogP contribution in [0.15, 0.2) is 41.3 Å². The van der Waals surface area contributed by atoms with Crippen molar-refractivity contribution in [2.75, 3.05) is 13.2 Å². The molecule has 3 aromatic rings. The van der Waals surface area contributed by atoms with E-state index in [4.69, 9.17) is 4.74 Å². The summed E-state index contributed by atoms with van der Waals surface area (Å²) in [7, 11) is -1.07. The van der Waals surface area contributed by atoms with Gasteiger partial charge in [-0.15, -0.1) is 0 Å². The van der Waals surface area contributed by atoms with Gasteiger partial charge in [-0.3, -0.25) is 0 Å². The van der Waals surface area contributed by atoms with Crippen LogP contribution in [-0.4, -0.2) is 40.7 Å². The van der Waals surface area contributed by atoms with E-state index in [0.717, 1.165) is 39.2 Å². The summed E-state index contributed by atoms with van der Waals surface area (Å²) in [6.07, 6.45) is 5.98. The van der Waals surface area contributed by atoms with E-state index in [9.17, 15) is 5.11 Å². The number of benzene rings is 1. The molecular weight excluding hydrogens is 410 g/mol. The van der Waals surface area contributed by atoms with Gasteiger partial charge in [-0.1, -0.05) is 35.6 Å². The third-order valence-electron chi connectivity index (χ3n) is 4.35. The highest BCUT2D eigenvalue weighted by atomic mass is 79.9. The first-order valence-electron chi connectivity index (χ1n) is 8.87. The van der Waals surface area contributed by atoms with Crippen LogP contribution >= 0.6 is 15.9 Å². The van der Waals surface area contributed by atoms with Gasteiger partial charge in [0.1, 0.15) is 6.73 Å². The van der Waals surface area contributed by atoms with Crippen LogP contribution in [0.1, 0.15) is 0 Å². The molecule has 5 nitrogen and oxygen atoms in total. The zero-order chi connectivity index (χ0) is 18.7. The van der Waals surface area contributed by atoms with E-state index in [0.29, 0.717) is 13.3 Å². The number of rotatable bonds is 8. The molecule has 0 atom stereocenters. The van der Waals surface area contributed by atoms with Crippen molar-refractivity contribution < 1.29 is 9.84 Å². The normalized spacial score (nSPS) is 12.2. The van der Waals surface area contributed by atoms with Gasteiger partial charge in [0.2, 0.25) is 0 Å². The Kier molecular flexibility index (Phi) is 6.02. The molecule has 0 unspecified atom stereocenters. The topological polar surface area (TPSA) is 52.2 Å². The second-order valence-electron chi connectivity index (χ2n) is 7.74. The number of aromatic nitrogens is 3. The Bertz CT molecular complexity index is 883. The summed E-state index contributed by atoms with van der Waals surface area (Å²) >= 11 is 3.55. The number of halogens is 1. The van der Waals surface area contributed by atoms with Crippen molar-refractivity contribution in [3.8, 4) is 11.1 Å². The van der Waals surface area contributed by atoms with Gasteiger partial charge in [0.05, 0.1) is 12.8 Å². The first-order chi connectivity index (χ1) is 12.4. The lowest BCUT2D eigenvalue weighted by Crippen LogP contribution is -2.22. The molecular formula is C19H26BrN3O2Si. The fraction of sp³-hybridized carbons (Fsp3) is 0.421. The minimum Gasteiger partial charge on any atom is -0.395 e. The van der Waals surface area contributed by atoms with E-state index in [2.05, 4.69) is 63.6 Å². The molecule has 0 radical (unpaired) electrons. The highest BCUT2D eigenvalue weighted by Crippen LogP contribution is 2.32. The number of aliphatic hydroxyl groups is 1. The molecule has 26 heavy (non-hydrogen) atoms. The lowest BCUT2D eigenvalue weighted by atomic mass is 10.1. The third kappa shape index (κ3) is 4.65. The lowest BCUT2D eigenvalue weighted by molar-refractivity contribution is 0.0786. The molecule has 0 amide bonds. The fourth-order valence-electron chi connectivity index (χ4n) is 2.90. The van der Waals surface area contributed by atoms with E-state index in [1.807, 2.05) is 23.1 Å². The quantitative estimate of drug-likeness (QED) is 0.416. The summed E-state index contributed by atoms with van der Waals surface area (Å²) in [5, 5.41) is 14.9. The van der Waals surface area contributed by atoms with Crippen LogP contribution in [0.3, 0.4) is 0 Å². The van der Waals surface area contributed by atoms with Gasteiger partial charge in [-0.05, 0) is 24.2 Å². The van der Waals surface area contributed by atoms with Gasteiger partial charge in [-0.25, -0.2) is 4.68 Å². The van der Waals surface area contributed by atoms with E-state index in [-0.39, 0.29) is 6.61 Å². The smallest absolute Gasteiger partial charge is 0.139 e. The molecule has 1 N–H and O–H groups in total. The average Bonchev–Trinajstić information content (AvgIpc) is 3.16. The van der Waals surface area contributed by atoms with Gasteiger partial charge < -0.3 is 14.4 Å². The molecule has 0 saturated heterocycles. The summed E-state index contributed by atoms with van der Waals surface area (Å²) in [6.45, 7) is 9.00. The van der Waals surface area contributed by atoms with Gasteiger partial charge in [0.15, 0.2) is 0 Å². The maximum absolute atomic E-state index is 9.34. The van der Waals surface area contributed by atoms with E-state index in [1.54, 1.807) is 0 Å². The van der Waals surface area contributed by atoms with E-state index >= 15 is 0 Å². The van der Waals surface area contributed by atoms with Crippen LogP contribution < -0.4 is 0 Å². The maximum Gasteiger partial charge on any atom is 0.139 e. The standard InChI is InChI=1S/C19H26BrN3O2Si/c1-26(2,3)9-8-25-14-23-12-15(11-21-23)18-13-22(6-7-24)19-5-4-16(20)10-17(18)19/h4-5,10-13,24H,6-9,14H2,1-3H3. The molecule has 0 saturated carbocycles. The molecule has 0 bridgehead atoms. The largest absolute Gasteiger partial charge is 0.395 e. The Labute approximate surface area is 163 Å². The van der Waals surface area contributed by atoms with Gasteiger partial charge in [0, 0.05) is 60.1 Å². The van der Waals surface area contributed by atoms with Crippen LogP contribution in [0.25, 0.3) is 22.0 Å². The fourth-order valence-corrected chi connectivity index (χ4v) is 4.02.